The minimum Gasteiger partial charge on any atom is -0.672 e. The van der Waals surface area contributed by atoms with E-state index in [0.717, 1.165) is 0 Å². The van der Waals surface area contributed by atoms with Crippen LogP contribution in [0.1, 0.15) is 0 Å². The molecule has 11 heteroatoms. The average Bonchev–Trinajstić information content (AvgIpc) is 2.28. The normalized spacial score (nSPS) is 6.71. The van der Waals surface area contributed by atoms with Gasteiger partial charge < -0.3 is 46.6 Å². The van der Waals surface area contributed by atoms with Crippen molar-refractivity contribution in [3.8, 4) is 0 Å². The van der Waals surface area contributed by atoms with Gasteiger partial charge in [-0.1, -0.05) is 0 Å². The molecule has 0 amide bonds. The summed E-state index contributed by atoms with van der Waals surface area (Å²) in [6, 6.07) is 0. The maximum absolute atomic E-state index is 8.52. The zero-order valence-electron chi connectivity index (χ0n) is 9.75. The first kappa shape index (κ1) is 30.3. The Hall–Kier alpha value is 0.143. The summed E-state index contributed by atoms with van der Waals surface area (Å²) < 4.78 is 8.52. The topological polar surface area (TPSA) is 202 Å². The van der Waals surface area contributed by atoms with E-state index in [4.69, 9.17) is 46.6 Å². The molecule has 0 aliphatic carbocycles. The summed E-state index contributed by atoms with van der Waals surface area (Å²) >= 11 is 0. The maximum Gasteiger partial charge on any atom is 2.00 e. The van der Waals surface area contributed by atoms with E-state index in [0.29, 0.717) is 19.6 Å². The molecule has 0 saturated heterocycles. The van der Waals surface area contributed by atoms with Gasteiger partial charge in [-0.15, -0.1) is 0 Å². The van der Waals surface area contributed by atoms with Gasteiger partial charge in [0.1, 0.15) is 0 Å². The van der Waals surface area contributed by atoms with Crippen molar-refractivity contribution in [2.45, 2.75) is 0 Å². The standard InChI is InChI=1S/3C2H7NO.Mg.O3Si/c3*3-1-2-4;;1-4(2)3/h3*4H,1-3H2;;/q;;;+2;-2. The fourth-order valence-electron chi connectivity index (χ4n) is 0. The Labute approximate surface area is 118 Å². The predicted molar refractivity (Wildman–Crippen MR) is 60.6 cm³/mol. The molecule has 0 atom stereocenters. The summed E-state index contributed by atoms with van der Waals surface area (Å²) in [7, 11) is -3.63. The average molecular weight is 284 g/mol. The molecule has 0 aliphatic heterocycles. The predicted octanol–water partition coefficient (Wildman–Crippen LogP) is -6.45. The van der Waals surface area contributed by atoms with Crippen molar-refractivity contribution < 1.29 is 29.4 Å². The third-order valence-corrected chi connectivity index (χ3v) is 0.387. The fourth-order valence-corrected chi connectivity index (χ4v) is 0. The molecule has 0 saturated carbocycles. The number of hydrogen-bond donors (Lipinski definition) is 6. The molecule has 0 spiro atoms. The van der Waals surface area contributed by atoms with E-state index in [1.807, 2.05) is 0 Å². The van der Waals surface area contributed by atoms with Crippen molar-refractivity contribution in [1.82, 2.24) is 0 Å². The van der Waals surface area contributed by atoms with Crippen LogP contribution in [0.2, 0.25) is 0 Å². The summed E-state index contributed by atoms with van der Waals surface area (Å²) in [5.41, 5.74) is 14.3. The molecule has 9 N–H and O–H groups in total. The third-order valence-electron chi connectivity index (χ3n) is 0.387. The van der Waals surface area contributed by atoms with E-state index in [1.165, 1.54) is 0 Å². The van der Waals surface area contributed by atoms with Crippen LogP contribution in [-0.4, -0.2) is 87.0 Å². The maximum atomic E-state index is 8.52. The minimum absolute atomic E-state index is 0. The van der Waals surface area contributed by atoms with E-state index >= 15 is 0 Å². The van der Waals surface area contributed by atoms with Gasteiger partial charge in [-0.3, -0.25) is 0 Å². The quantitative estimate of drug-likeness (QED) is 0.272. The number of aliphatic hydroxyl groups is 3. The van der Waals surface area contributed by atoms with Crippen LogP contribution in [0.5, 0.6) is 0 Å². The first-order valence-corrected chi connectivity index (χ1v) is 5.51. The first-order chi connectivity index (χ1) is 7.47. The van der Waals surface area contributed by atoms with Gasteiger partial charge in [0, 0.05) is 28.8 Å². The molecule has 0 heterocycles. The number of hydrogen-bond acceptors (Lipinski definition) is 9. The Morgan fingerprint density at radius 1 is 0.824 bits per heavy atom. The number of aliphatic hydroxyl groups excluding tert-OH is 3. The van der Waals surface area contributed by atoms with Crippen LogP contribution < -0.4 is 26.8 Å². The van der Waals surface area contributed by atoms with E-state index < -0.39 is 9.17 Å². The van der Waals surface area contributed by atoms with Crippen molar-refractivity contribution in [1.29, 1.82) is 0 Å². The largest absolute Gasteiger partial charge is 2.00 e. The Morgan fingerprint density at radius 2 is 0.882 bits per heavy atom. The molecule has 17 heavy (non-hydrogen) atoms. The fraction of sp³-hybridized carbons (Fsp3) is 1.00. The zero-order valence-corrected chi connectivity index (χ0v) is 12.2. The SMILES string of the molecule is NCCO.NCCO.NCCO.O=[Si]([O-])[O-].[Mg+2]. The van der Waals surface area contributed by atoms with Crippen LogP contribution in [0.4, 0.5) is 0 Å². The Kier molecular flexibility index (Phi) is 78.9. The van der Waals surface area contributed by atoms with Crippen LogP contribution >= 0.6 is 0 Å². The molecule has 0 fully saturated rings. The van der Waals surface area contributed by atoms with E-state index in [2.05, 4.69) is 0 Å². The monoisotopic (exact) mass is 283 g/mol. The molecule has 0 radical (unpaired) electrons. The van der Waals surface area contributed by atoms with Crippen molar-refractivity contribution >= 4 is 32.2 Å². The number of rotatable bonds is 3. The molecule has 9 nitrogen and oxygen atoms in total. The van der Waals surface area contributed by atoms with Crippen molar-refractivity contribution in [2.75, 3.05) is 39.5 Å². The number of nitrogens with two attached hydrogens (primary N) is 3. The Balaban J connectivity index is -0.0000000369. The van der Waals surface area contributed by atoms with E-state index in [1.54, 1.807) is 0 Å². The van der Waals surface area contributed by atoms with Crippen molar-refractivity contribution in [3.05, 3.63) is 0 Å². The molecular formula is C6H21MgN3O6Si. The van der Waals surface area contributed by atoms with Gasteiger partial charge in [-0.2, -0.15) is 0 Å². The third kappa shape index (κ3) is 327. The van der Waals surface area contributed by atoms with E-state index in [9.17, 15) is 0 Å². The first-order valence-electron chi connectivity index (χ1n) is 4.29. The van der Waals surface area contributed by atoms with Gasteiger partial charge >= 0.3 is 23.1 Å². The van der Waals surface area contributed by atoms with Crippen LogP contribution in [0, 0.1) is 0 Å². The second-order valence-electron chi connectivity index (χ2n) is 1.79. The second-order valence-corrected chi connectivity index (χ2v) is 2.29. The Morgan fingerprint density at radius 3 is 0.882 bits per heavy atom. The molecule has 0 bridgehead atoms. The van der Waals surface area contributed by atoms with Crippen LogP contribution in [0.25, 0.3) is 0 Å². The van der Waals surface area contributed by atoms with Crippen molar-refractivity contribution in [3.63, 3.8) is 0 Å². The molecule has 0 aromatic rings. The summed E-state index contributed by atoms with van der Waals surface area (Å²) in [6.45, 7) is 1.42. The van der Waals surface area contributed by atoms with Crippen LogP contribution in [0.15, 0.2) is 0 Å². The molecule has 0 aromatic carbocycles. The molecule has 0 aliphatic rings. The summed E-state index contributed by atoms with van der Waals surface area (Å²) in [4.78, 5) is 17.0. The smallest absolute Gasteiger partial charge is 0.672 e. The second kappa shape index (κ2) is 44.3. The van der Waals surface area contributed by atoms with E-state index in [-0.39, 0.29) is 42.9 Å². The molecule has 0 unspecified atom stereocenters. The Bertz CT molecular complexity index is 96.2. The van der Waals surface area contributed by atoms with Crippen molar-refractivity contribution in [2.24, 2.45) is 17.2 Å². The molecule has 0 aromatic heterocycles. The molecule has 0 rings (SSSR count). The minimum atomic E-state index is -3.63. The summed E-state index contributed by atoms with van der Waals surface area (Å²) in [6.07, 6.45) is 0. The van der Waals surface area contributed by atoms with Crippen LogP contribution in [0.3, 0.4) is 0 Å². The molecule has 102 valence electrons. The van der Waals surface area contributed by atoms with Crippen LogP contribution in [-0.2, 0) is 4.46 Å². The van der Waals surface area contributed by atoms with Gasteiger partial charge in [0.05, 0.1) is 19.8 Å². The summed E-state index contributed by atoms with van der Waals surface area (Å²) in [5, 5.41) is 23.2. The van der Waals surface area contributed by atoms with Gasteiger partial charge in [-0.05, 0) is 0 Å². The van der Waals surface area contributed by atoms with Gasteiger partial charge in [-0.25, -0.2) is 0 Å². The summed E-state index contributed by atoms with van der Waals surface area (Å²) in [5.74, 6) is 0. The van der Waals surface area contributed by atoms with Gasteiger partial charge in [0.25, 0.3) is 0 Å². The zero-order chi connectivity index (χ0) is 13.8. The van der Waals surface area contributed by atoms with Gasteiger partial charge in [0.2, 0.25) is 0 Å². The van der Waals surface area contributed by atoms with Gasteiger partial charge in [0.15, 0.2) is 0 Å². The molecular weight excluding hydrogens is 262 g/mol.